The van der Waals surface area contributed by atoms with E-state index in [1.165, 1.54) is 19.3 Å². The zero-order valence-electron chi connectivity index (χ0n) is 11.5. The second kappa shape index (κ2) is 6.70. The van der Waals surface area contributed by atoms with Gasteiger partial charge in [0.1, 0.15) is 0 Å². The van der Waals surface area contributed by atoms with Gasteiger partial charge in [0.25, 0.3) is 0 Å². The van der Waals surface area contributed by atoms with Crippen LogP contribution in [0.4, 0.5) is 0 Å². The van der Waals surface area contributed by atoms with Crippen LogP contribution in [0.15, 0.2) is 17.5 Å². The molecule has 1 N–H and O–H groups in total. The van der Waals surface area contributed by atoms with E-state index in [4.69, 9.17) is 5.11 Å². The molecule has 0 aliphatic heterocycles. The first-order valence-corrected chi connectivity index (χ1v) is 7.65. The molecule has 4 nitrogen and oxygen atoms in total. The minimum atomic E-state index is -0.953. The third-order valence-electron chi connectivity index (χ3n) is 3.60. The van der Waals surface area contributed by atoms with Crippen molar-refractivity contribution in [2.75, 3.05) is 7.05 Å². The molecule has 0 atom stereocenters. The third-order valence-corrected chi connectivity index (χ3v) is 4.54. The minimum Gasteiger partial charge on any atom is -0.478 e. The Morgan fingerprint density at radius 3 is 2.85 bits per heavy atom. The Morgan fingerprint density at radius 1 is 1.50 bits per heavy atom. The molecule has 0 radical (unpaired) electrons. The Balaban J connectivity index is 1.85. The molecule has 2 rings (SSSR count). The molecular weight excluding hydrogens is 274 g/mol. The van der Waals surface area contributed by atoms with Gasteiger partial charge >= 0.3 is 5.97 Å². The van der Waals surface area contributed by atoms with Crippen LogP contribution in [0.25, 0.3) is 6.08 Å². The van der Waals surface area contributed by atoms with Crippen molar-refractivity contribution in [1.82, 2.24) is 4.90 Å². The van der Waals surface area contributed by atoms with Gasteiger partial charge in [-0.25, -0.2) is 4.79 Å². The van der Waals surface area contributed by atoms with E-state index in [1.807, 2.05) is 18.5 Å². The lowest BCUT2D eigenvalue weighted by atomic mass is 9.83. The van der Waals surface area contributed by atoms with E-state index in [0.29, 0.717) is 18.9 Å². The second-order valence-electron chi connectivity index (χ2n) is 5.27. The molecule has 1 saturated carbocycles. The van der Waals surface area contributed by atoms with Gasteiger partial charge in [0, 0.05) is 24.4 Å². The van der Waals surface area contributed by atoms with Gasteiger partial charge in [-0.1, -0.05) is 6.42 Å². The fraction of sp³-hybridized carbons (Fsp3) is 0.467. The highest BCUT2D eigenvalue weighted by Crippen LogP contribution is 2.30. The van der Waals surface area contributed by atoms with Crippen molar-refractivity contribution in [2.24, 2.45) is 5.92 Å². The van der Waals surface area contributed by atoms with E-state index >= 15 is 0 Å². The van der Waals surface area contributed by atoms with Crippen LogP contribution in [0.1, 0.15) is 36.1 Å². The number of rotatable bonds is 6. The molecule has 108 valence electrons. The summed E-state index contributed by atoms with van der Waals surface area (Å²) in [6, 6.07) is 1.93. The number of carboxylic acid groups (broad SMARTS) is 1. The van der Waals surface area contributed by atoms with Crippen molar-refractivity contribution in [3.8, 4) is 0 Å². The highest BCUT2D eigenvalue weighted by Gasteiger charge is 2.22. The lowest BCUT2D eigenvalue weighted by Crippen LogP contribution is -2.29. The van der Waals surface area contributed by atoms with Crippen LogP contribution in [-0.2, 0) is 16.1 Å². The number of hydrogen-bond acceptors (Lipinski definition) is 3. The normalized spacial score (nSPS) is 15.2. The fourth-order valence-electron chi connectivity index (χ4n) is 2.16. The maximum Gasteiger partial charge on any atom is 0.328 e. The van der Waals surface area contributed by atoms with E-state index in [9.17, 15) is 9.59 Å². The van der Waals surface area contributed by atoms with Gasteiger partial charge in [0.15, 0.2) is 0 Å². The van der Waals surface area contributed by atoms with Crippen molar-refractivity contribution >= 4 is 29.3 Å². The Bertz CT molecular complexity index is 517. The number of carbonyl (C=O) groups excluding carboxylic acids is 1. The summed E-state index contributed by atoms with van der Waals surface area (Å²) in [5.41, 5.74) is 0.868. The summed E-state index contributed by atoms with van der Waals surface area (Å²) in [7, 11) is 1.83. The van der Waals surface area contributed by atoms with Crippen LogP contribution in [0, 0.1) is 5.92 Å². The Kier molecular flexibility index (Phi) is 4.95. The minimum absolute atomic E-state index is 0.200. The number of amides is 1. The molecule has 1 heterocycles. The topological polar surface area (TPSA) is 57.6 Å². The molecule has 1 amide bonds. The van der Waals surface area contributed by atoms with Crippen molar-refractivity contribution in [1.29, 1.82) is 0 Å². The van der Waals surface area contributed by atoms with E-state index in [0.717, 1.165) is 16.5 Å². The zero-order chi connectivity index (χ0) is 14.5. The largest absolute Gasteiger partial charge is 0.478 e. The summed E-state index contributed by atoms with van der Waals surface area (Å²) in [5.74, 6) is -0.168. The molecule has 1 aromatic heterocycles. The maximum atomic E-state index is 12.0. The molecule has 1 fully saturated rings. The monoisotopic (exact) mass is 293 g/mol. The number of carbonyl (C=O) groups is 2. The number of carboxylic acids is 1. The van der Waals surface area contributed by atoms with E-state index in [-0.39, 0.29) is 5.91 Å². The lowest BCUT2D eigenvalue weighted by Gasteiger charge is -2.27. The summed E-state index contributed by atoms with van der Waals surface area (Å²) < 4.78 is 0. The standard InChI is InChI=1S/C15H19NO3S/c1-16(14(17)8-11-3-2-4-11)9-13-7-12(10-20-13)5-6-15(18)19/h5-7,10-11H,2-4,8-9H2,1H3,(H,18,19)/b6-5+. The van der Waals surface area contributed by atoms with Gasteiger partial charge in [-0.15, -0.1) is 11.3 Å². The van der Waals surface area contributed by atoms with Crippen LogP contribution in [0.2, 0.25) is 0 Å². The molecule has 0 aromatic carbocycles. The van der Waals surface area contributed by atoms with Gasteiger partial charge in [-0.3, -0.25) is 4.79 Å². The van der Waals surface area contributed by atoms with E-state index < -0.39 is 5.97 Å². The molecule has 5 heteroatoms. The summed E-state index contributed by atoms with van der Waals surface area (Å²) in [5, 5.41) is 10.5. The molecule has 1 aromatic rings. The average molecular weight is 293 g/mol. The summed E-state index contributed by atoms with van der Waals surface area (Å²) in [6.45, 7) is 0.594. The number of thiophene rings is 1. The Hall–Kier alpha value is -1.62. The quantitative estimate of drug-likeness (QED) is 0.820. The van der Waals surface area contributed by atoms with E-state index in [1.54, 1.807) is 22.3 Å². The Morgan fingerprint density at radius 2 is 2.25 bits per heavy atom. The predicted octanol–water partition coefficient (Wildman–Crippen LogP) is 2.99. The molecule has 0 bridgehead atoms. The predicted molar refractivity (Wildman–Crippen MR) is 79.4 cm³/mol. The first-order chi connectivity index (χ1) is 9.54. The number of nitrogens with zero attached hydrogens (tertiary/aromatic N) is 1. The first kappa shape index (κ1) is 14.8. The summed E-state index contributed by atoms with van der Waals surface area (Å²) in [4.78, 5) is 25.3. The summed E-state index contributed by atoms with van der Waals surface area (Å²) >= 11 is 1.55. The van der Waals surface area contributed by atoms with Gasteiger partial charge in [0.05, 0.1) is 6.54 Å². The van der Waals surface area contributed by atoms with Crippen LogP contribution in [-0.4, -0.2) is 28.9 Å². The highest BCUT2D eigenvalue weighted by molar-refractivity contribution is 7.10. The number of hydrogen-bond donors (Lipinski definition) is 1. The maximum absolute atomic E-state index is 12.0. The fourth-order valence-corrected chi connectivity index (χ4v) is 3.06. The number of aliphatic carboxylic acids is 1. The first-order valence-electron chi connectivity index (χ1n) is 6.77. The molecule has 0 spiro atoms. The second-order valence-corrected chi connectivity index (χ2v) is 6.26. The van der Waals surface area contributed by atoms with Crippen molar-refractivity contribution < 1.29 is 14.7 Å². The van der Waals surface area contributed by atoms with E-state index in [2.05, 4.69) is 0 Å². The van der Waals surface area contributed by atoms with Crippen molar-refractivity contribution in [3.05, 3.63) is 28.0 Å². The Labute approximate surface area is 122 Å². The smallest absolute Gasteiger partial charge is 0.328 e. The van der Waals surface area contributed by atoms with Gasteiger partial charge < -0.3 is 10.0 Å². The molecule has 0 unspecified atom stereocenters. The van der Waals surface area contributed by atoms with Gasteiger partial charge in [0.2, 0.25) is 5.91 Å². The van der Waals surface area contributed by atoms with Gasteiger partial charge in [-0.05, 0) is 41.8 Å². The van der Waals surface area contributed by atoms with Gasteiger partial charge in [-0.2, -0.15) is 0 Å². The third kappa shape index (κ3) is 4.20. The van der Waals surface area contributed by atoms with Crippen molar-refractivity contribution in [2.45, 2.75) is 32.2 Å². The van der Waals surface area contributed by atoms with Crippen LogP contribution in [0.3, 0.4) is 0 Å². The van der Waals surface area contributed by atoms with Crippen LogP contribution in [0.5, 0.6) is 0 Å². The van der Waals surface area contributed by atoms with Crippen LogP contribution < -0.4 is 0 Å². The SMILES string of the molecule is CN(Cc1cc(/C=C/C(=O)O)cs1)C(=O)CC1CCC1. The molecule has 0 saturated heterocycles. The van der Waals surface area contributed by atoms with Crippen molar-refractivity contribution in [3.63, 3.8) is 0 Å². The average Bonchev–Trinajstić information content (AvgIpc) is 2.78. The molecular formula is C15H19NO3S. The lowest BCUT2D eigenvalue weighted by molar-refractivity contribution is -0.132. The molecule has 1 aliphatic carbocycles. The zero-order valence-corrected chi connectivity index (χ0v) is 12.4. The molecule has 1 aliphatic rings. The molecule has 20 heavy (non-hydrogen) atoms. The summed E-state index contributed by atoms with van der Waals surface area (Å²) in [6.07, 6.45) is 6.97. The van der Waals surface area contributed by atoms with Crippen LogP contribution >= 0.6 is 11.3 Å². The highest BCUT2D eigenvalue weighted by atomic mass is 32.1.